The molecule has 108 valence electrons. The molecule has 0 amide bonds. The molecule has 0 heterocycles. The van der Waals surface area contributed by atoms with Gasteiger partial charge in [0.2, 0.25) is 0 Å². The number of nitrogens with zero attached hydrogens (tertiary/aromatic N) is 1. The molecule has 0 radical (unpaired) electrons. The van der Waals surface area contributed by atoms with Crippen molar-refractivity contribution in [1.82, 2.24) is 0 Å². The third kappa shape index (κ3) is 16.0. The molecule has 1 nitrogen and oxygen atoms in total. The van der Waals surface area contributed by atoms with Gasteiger partial charge in [0.25, 0.3) is 0 Å². The number of hydrogen-bond donors (Lipinski definition) is 0. The Morgan fingerprint density at radius 1 is 0.765 bits per heavy atom. The van der Waals surface area contributed by atoms with E-state index in [1.54, 1.807) is 0 Å². The molecule has 0 bridgehead atoms. The van der Waals surface area contributed by atoms with Crippen molar-refractivity contribution in [2.75, 3.05) is 21.1 Å². The van der Waals surface area contributed by atoms with Crippen molar-refractivity contribution in [3.05, 3.63) is 0 Å². The summed E-state index contributed by atoms with van der Waals surface area (Å²) in [6, 6.07) is 0.939. The van der Waals surface area contributed by atoms with E-state index in [0.29, 0.717) is 0 Å². The summed E-state index contributed by atoms with van der Waals surface area (Å²) in [6.07, 6.45) is 7.28. The molecule has 0 atom stereocenters. The molecule has 1 saturated carbocycles. The van der Waals surface area contributed by atoms with E-state index in [0.717, 1.165) is 6.04 Å². The van der Waals surface area contributed by atoms with E-state index in [9.17, 15) is 25.2 Å². The van der Waals surface area contributed by atoms with Crippen LogP contribution in [-0.2, 0) is 0 Å². The first-order chi connectivity index (χ1) is 7.05. The molecule has 0 saturated heterocycles. The Hall–Kier alpha value is -0.0300. The summed E-state index contributed by atoms with van der Waals surface area (Å²) in [7, 11) is -3.71. The number of halogens is 6. The van der Waals surface area contributed by atoms with E-state index < -0.39 is 7.81 Å². The summed E-state index contributed by atoms with van der Waals surface area (Å²) in [4.78, 5) is 0. The van der Waals surface area contributed by atoms with Gasteiger partial charge in [0, 0.05) is 0 Å². The van der Waals surface area contributed by atoms with Crippen molar-refractivity contribution in [3.63, 3.8) is 0 Å². The van der Waals surface area contributed by atoms with Gasteiger partial charge in [0.15, 0.2) is 0 Å². The van der Waals surface area contributed by atoms with Gasteiger partial charge in [0.1, 0.15) is 0 Å². The van der Waals surface area contributed by atoms with E-state index in [1.807, 2.05) is 0 Å². The Kier molecular flexibility index (Phi) is 4.26. The molecule has 0 N–H and O–H groups in total. The van der Waals surface area contributed by atoms with Crippen LogP contribution in [0.25, 0.3) is 0 Å². The maximum atomic E-state index is 9.87. The van der Waals surface area contributed by atoms with Crippen molar-refractivity contribution in [2.24, 2.45) is 0 Å². The van der Waals surface area contributed by atoms with Gasteiger partial charge < -0.3 is 4.48 Å². The zero-order chi connectivity index (χ0) is 14.0. The average molecular weight is 287 g/mol. The fourth-order valence-electron chi connectivity index (χ4n) is 1.86. The van der Waals surface area contributed by atoms with Gasteiger partial charge in [-0.1, -0.05) is 6.42 Å². The normalized spacial score (nSPS) is 23.1. The topological polar surface area (TPSA) is 0 Å². The van der Waals surface area contributed by atoms with Crippen LogP contribution in [0.1, 0.15) is 32.1 Å². The first-order valence-electron chi connectivity index (χ1n) is 5.43. The predicted molar refractivity (Wildman–Crippen MR) is 58.5 cm³/mol. The zero-order valence-electron chi connectivity index (χ0n) is 10.3. The third-order valence-corrected chi connectivity index (χ3v) is 2.67. The Morgan fingerprint density at radius 3 is 1.24 bits per heavy atom. The second-order valence-corrected chi connectivity index (χ2v) is 7.28. The summed E-state index contributed by atoms with van der Waals surface area (Å²) in [6.45, 7) is 0. The number of rotatable bonds is 1. The fraction of sp³-hybridized carbons (Fsp3) is 1.00. The van der Waals surface area contributed by atoms with Crippen molar-refractivity contribution < 1.29 is 29.7 Å². The van der Waals surface area contributed by atoms with E-state index >= 15 is 0 Å². The van der Waals surface area contributed by atoms with Crippen molar-refractivity contribution in [2.45, 2.75) is 38.1 Å². The number of quaternary nitrogens is 1. The first kappa shape index (κ1) is 17.0. The van der Waals surface area contributed by atoms with Crippen LogP contribution in [0.4, 0.5) is 25.2 Å². The van der Waals surface area contributed by atoms with Crippen molar-refractivity contribution in [1.29, 1.82) is 0 Å². The van der Waals surface area contributed by atoms with Crippen LogP contribution in [0.15, 0.2) is 0 Å². The molecule has 8 heteroatoms. The van der Waals surface area contributed by atoms with Gasteiger partial charge in [-0.3, -0.25) is 0 Å². The Bertz CT molecular complexity index is 233. The summed E-state index contributed by atoms with van der Waals surface area (Å²) in [5.41, 5.74) is 0. The average Bonchev–Trinajstić information content (AvgIpc) is 1.98. The van der Waals surface area contributed by atoms with Gasteiger partial charge in [-0.05, 0) is 25.7 Å². The number of hydrogen-bond acceptors (Lipinski definition) is 0. The standard InChI is InChI=1S/C9H20N.F6P/c1-10(2,3)9-7-5-4-6-8-9;1-7(2,3,4,5)6/h9H,4-8H2,1-3H3;/q+1;-1. The van der Waals surface area contributed by atoms with Crippen LogP contribution in [0.5, 0.6) is 0 Å². The molecule has 0 spiro atoms. The van der Waals surface area contributed by atoms with E-state index in [1.165, 1.54) is 36.6 Å². The van der Waals surface area contributed by atoms with E-state index in [2.05, 4.69) is 21.1 Å². The first-order valence-corrected chi connectivity index (χ1v) is 7.46. The van der Waals surface area contributed by atoms with Gasteiger partial charge in [-0.25, -0.2) is 0 Å². The van der Waals surface area contributed by atoms with E-state index in [-0.39, 0.29) is 0 Å². The quantitative estimate of drug-likeness (QED) is 0.344. The van der Waals surface area contributed by atoms with Gasteiger partial charge >= 0.3 is 33.0 Å². The molecular formula is C9H20F6NP. The van der Waals surface area contributed by atoms with Crippen LogP contribution < -0.4 is 0 Å². The Labute approximate surface area is 97.6 Å². The van der Waals surface area contributed by atoms with Crippen LogP contribution >= 0.6 is 7.81 Å². The minimum absolute atomic E-state index is 0.939. The summed E-state index contributed by atoms with van der Waals surface area (Å²) < 4.78 is 60.4. The Morgan fingerprint density at radius 2 is 1.06 bits per heavy atom. The minimum atomic E-state index is -10.7. The van der Waals surface area contributed by atoms with Gasteiger partial charge in [-0.2, -0.15) is 0 Å². The van der Waals surface area contributed by atoms with Crippen molar-refractivity contribution >= 4 is 7.81 Å². The monoisotopic (exact) mass is 287 g/mol. The van der Waals surface area contributed by atoms with E-state index in [4.69, 9.17) is 0 Å². The molecular weight excluding hydrogens is 267 g/mol. The molecule has 1 aliphatic carbocycles. The van der Waals surface area contributed by atoms with Crippen LogP contribution in [0, 0.1) is 0 Å². The van der Waals surface area contributed by atoms with Crippen molar-refractivity contribution in [3.8, 4) is 0 Å². The van der Waals surface area contributed by atoms with Crippen LogP contribution in [0.3, 0.4) is 0 Å². The Balaban J connectivity index is 0.000000325. The molecule has 1 rings (SSSR count). The summed E-state index contributed by atoms with van der Waals surface area (Å²) in [5.74, 6) is 0. The SMILES string of the molecule is C[N+](C)(C)C1CCCCC1.F[P-](F)(F)(F)(F)F. The summed E-state index contributed by atoms with van der Waals surface area (Å²) in [5, 5.41) is 0. The summed E-state index contributed by atoms with van der Waals surface area (Å²) >= 11 is 0. The molecule has 0 aliphatic heterocycles. The van der Waals surface area contributed by atoms with Crippen LogP contribution in [-0.4, -0.2) is 31.7 Å². The van der Waals surface area contributed by atoms with Crippen LogP contribution in [0.2, 0.25) is 0 Å². The second-order valence-electron chi connectivity index (χ2n) is 5.37. The zero-order valence-corrected chi connectivity index (χ0v) is 11.2. The molecule has 1 fully saturated rings. The predicted octanol–water partition coefficient (Wildman–Crippen LogP) is 5.41. The fourth-order valence-corrected chi connectivity index (χ4v) is 1.86. The maximum absolute atomic E-state index is 10.7. The molecule has 0 aromatic carbocycles. The third-order valence-electron chi connectivity index (χ3n) is 2.67. The molecule has 0 aromatic heterocycles. The molecule has 17 heavy (non-hydrogen) atoms. The molecule has 0 aromatic rings. The van der Waals surface area contributed by atoms with Gasteiger partial charge in [0.05, 0.1) is 27.2 Å². The second kappa shape index (κ2) is 4.26. The van der Waals surface area contributed by atoms with Gasteiger partial charge in [-0.15, -0.1) is 0 Å². The molecule has 1 aliphatic rings. The molecule has 0 unspecified atom stereocenters.